The summed E-state index contributed by atoms with van der Waals surface area (Å²) in [5, 5.41) is 2.08. The molecule has 1 aromatic rings. The number of hydrogen-bond donors (Lipinski definition) is 0. The third kappa shape index (κ3) is 3.14. The largest absolute Gasteiger partial charge is 0.375 e. The average Bonchev–Trinajstić information content (AvgIpc) is 2.65. The molecule has 0 bridgehead atoms. The van der Waals surface area contributed by atoms with Crippen molar-refractivity contribution < 1.29 is 4.74 Å². The molecule has 2 rings (SSSR count). The number of rotatable bonds is 2. The van der Waals surface area contributed by atoms with Gasteiger partial charge in [-0.05, 0) is 38.1 Å². The van der Waals surface area contributed by atoms with Crippen molar-refractivity contribution in [3.05, 3.63) is 22.4 Å². The summed E-state index contributed by atoms with van der Waals surface area (Å²) in [6.07, 6.45) is 4.07. The second kappa shape index (κ2) is 4.45. The molecule has 1 aliphatic heterocycles. The van der Waals surface area contributed by atoms with Crippen molar-refractivity contribution in [2.45, 2.75) is 38.3 Å². The third-order valence-corrected chi connectivity index (χ3v) is 3.43. The van der Waals surface area contributed by atoms with Crippen molar-refractivity contribution >= 4 is 17.6 Å². The highest BCUT2D eigenvalue weighted by Gasteiger charge is 2.28. The van der Waals surface area contributed by atoms with Crippen molar-refractivity contribution in [1.82, 2.24) is 0 Å². The summed E-state index contributed by atoms with van der Waals surface area (Å²) in [6.45, 7) is 5.11. The highest BCUT2D eigenvalue weighted by atomic mass is 32.1. The smallest absolute Gasteiger partial charge is 0.0646 e. The molecule has 1 aliphatic rings. The zero-order valence-electron chi connectivity index (χ0n) is 9.27. The molecule has 0 spiro atoms. The van der Waals surface area contributed by atoms with E-state index in [1.165, 1.54) is 4.88 Å². The Morgan fingerprint density at radius 3 is 3.13 bits per heavy atom. The average molecular weight is 223 g/mol. The van der Waals surface area contributed by atoms with Gasteiger partial charge in [-0.3, -0.25) is 4.99 Å². The molecule has 1 aromatic heterocycles. The second-order valence-electron chi connectivity index (χ2n) is 4.55. The van der Waals surface area contributed by atoms with Crippen LogP contribution in [0.4, 0.5) is 0 Å². The summed E-state index contributed by atoms with van der Waals surface area (Å²) in [7, 11) is 0. The molecule has 0 unspecified atom stereocenters. The molecule has 1 saturated heterocycles. The highest BCUT2D eigenvalue weighted by molar-refractivity contribution is 7.11. The lowest BCUT2D eigenvalue weighted by molar-refractivity contribution is -0.0574. The molecular formula is C12H17NOS. The molecule has 1 atom stereocenters. The van der Waals surface area contributed by atoms with Crippen LogP contribution in [0.3, 0.4) is 0 Å². The number of aliphatic imine (C=N–C) groups is 1. The van der Waals surface area contributed by atoms with Crippen molar-refractivity contribution in [3.8, 4) is 0 Å². The van der Waals surface area contributed by atoms with Crippen LogP contribution in [0.2, 0.25) is 0 Å². The first-order valence-electron chi connectivity index (χ1n) is 5.36. The van der Waals surface area contributed by atoms with Gasteiger partial charge in [0.15, 0.2) is 0 Å². The minimum Gasteiger partial charge on any atom is -0.375 e. The molecule has 15 heavy (non-hydrogen) atoms. The van der Waals surface area contributed by atoms with Gasteiger partial charge in [-0.2, -0.15) is 0 Å². The summed E-state index contributed by atoms with van der Waals surface area (Å²) >= 11 is 1.73. The predicted molar refractivity (Wildman–Crippen MR) is 65.0 cm³/mol. The van der Waals surface area contributed by atoms with Crippen LogP contribution >= 0.6 is 11.3 Å². The van der Waals surface area contributed by atoms with Gasteiger partial charge in [0, 0.05) is 17.7 Å². The van der Waals surface area contributed by atoms with Crippen LogP contribution in [0.5, 0.6) is 0 Å². The Hall–Kier alpha value is -0.670. The van der Waals surface area contributed by atoms with Crippen LogP contribution in [-0.2, 0) is 4.74 Å². The van der Waals surface area contributed by atoms with Gasteiger partial charge in [0.05, 0.1) is 11.6 Å². The van der Waals surface area contributed by atoms with Gasteiger partial charge in [0.2, 0.25) is 0 Å². The van der Waals surface area contributed by atoms with Crippen molar-refractivity contribution in [3.63, 3.8) is 0 Å². The maximum absolute atomic E-state index is 5.66. The molecular weight excluding hydrogens is 206 g/mol. The third-order valence-electron chi connectivity index (χ3n) is 2.63. The maximum atomic E-state index is 5.66. The summed E-state index contributed by atoms with van der Waals surface area (Å²) in [5.74, 6) is 0. The molecule has 3 heteroatoms. The Labute approximate surface area is 95.0 Å². The molecule has 1 fully saturated rings. The lowest BCUT2D eigenvalue weighted by atomic mass is 9.94. The minimum atomic E-state index is -0.00426. The normalized spacial score (nSPS) is 25.9. The first-order valence-corrected chi connectivity index (χ1v) is 6.24. The van der Waals surface area contributed by atoms with Gasteiger partial charge >= 0.3 is 0 Å². The molecule has 0 saturated carbocycles. The Balaban J connectivity index is 1.95. The lowest BCUT2D eigenvalue weighted by Crippen LogP contribution is -2.35. The van der Waals surface area contributed by atoms with Crippen LogP contribution in [0.15, 0.2) is 22.5 Å². The monoisotopic (exact) mass is 223 g/mol. The van der Waals surface area contributed by atoms with Crippen LogP contribution in [0, 0.1) is 0 Å². The summed E-state index contributed by atoms with van der Waals surface area (Å²) in [4.78, 5) is 5.86. The van der Waals surface area contributed by atoms with E-state index < -0.39 is 0 Å². The van der Waals surface area contributed by atoms with Crippen molar-refractivity contribution in [2.75, 3.05) is 6.61 Å². The van der Waals surface area contributed by atoms with E-state index in [2.05, 4.69) is 36.4 Å². The SMILES string of the molecule is CC1(C)C[C@@H](N=Cc2cccs2)CCO1. The Morgan fingerprint density at radius 1 is 1.60 bits per heavy atom. The first-order chi connectivity index (χ1) is 7.16. The van der Waals surface area contributed by atoms with Gasteiger partial charge in [-0.1, -0.05) is 6.07 Å². The van der Waals surface area contributed by atoms with Crippen LogP contribution in [-0.4, -0.2) is 24.5 Å². The summed E-state index contributed by atoms with van der Waals surface area (Å²) in [6, 6.07) is 4.58. The van der Waals surface area contributed by atoms with Gasteiger partial charge in [-0.15, -0.1) is 11.3 Å². The zero-order valence-corrected chi connectivity index (χ0v) is 10.1. The van der Waals surface area contributed by atoms with Crippen LogP contribution in [0.1, 0.15) is 31.6 Å². The Bertz CT molecular complexity index is 329. The van der Waals surface area contributed by atoms with Crippen molar-refractivity contribution in [1.29, 1.82) is 0 Å². The van der Waals surface area contributed by atoms with E-state index in [-0.39, 0.29) is 5.60 Å². The number of thiophene rings is 1. The van der Waals surface area contributed by atoms with E-state index in [0.29, 0.717) is 6.04 Å². The summed E-state index contributed by atoms with van der Waals surface area (Å²) < 4.78 is 5.66. The molecule has 82 valence electrons. The zero-order chi connectivity index (χ0) is 10.7. The van der Waals surface area contributed by atoms with Gasteiger partial charge in [0.25, 0.3) is 0 Å². The van der Waals surface area contributed by atoms with Crippen LogP contribution < -0.4 is 0 Å². The first kappa shape index (κ1) is 10.8. The Morgan fingerprint density at radius 2 is 2.47 bits per heavy atom. The van der Waals surface area contributed by atoms with Crippen LogP contribution in [0.25, 0.3) is 0 Å². The van der Waals surface area contributed by atoms with Gasteiger partial charge in [-0.25, -0.2) is 0 Å². The second-order valence-corrected chi connectivity index (χ2v) is 5.53. The fraction of sp³-hybridized carbons (Fsp3) is 0.583. The minimum absolute atomic E-state index is 0.00426. The predicted octanol–water partition coefficient (Wildman–Crippen LogP) is 3.12. The molecule has 2 heterocycles. The Kier molecular flexibility index (Phi) is 3.22. The molecule has 0 N–H and O–H groups in total. The fourth-order valence-corrected chi connectivity index (χ4v) is 2.46. The van der Waals surface area contributed by atoms with E-state index in [9.17, 15) is 0 Å². The molecule has 0 aromatic carbocycles. The molecule has 2 nitrogen and oxygen atoms in total. The van der Waals surface area contributed by atoms with E-state index in [0.717, 1.165) is 19.4 Å². The van der Waals surface area contributed by atoms with Gasteiger partial charge < -0.3 is 4.74 Å². The number of nitrogens with zero attached hydrogens (tertiary/aromatic N) is 1. The standard InChI is InChI=1S/C12H17NOS/c1-12(2)8-10(5-6-14-12)13-9-11-4-3-7-15-11/h3-4,7,9-10H,5-6,8H2,1-2H3/t10-/m0/s1. The molecule has 0 aliphatic carbocycles. The number of hydrogen-bond acceptors (Lipinski definition) is 3. The summed E-state index contributed by atoms with van der Waals surface area (Å²) in [5.41, 5.74) is -0.00426. The fourth-order valence-electron chi connectivity index (χ4n) is 1.87. The van der Waals surface area contributed by atoms with E-state index in [4.69, 9.17) is 4.74 Å². The van der Waals surface area contributed by atoms with Crippen molar-refractivity contribution in [2.24, 2.45) is 4.99 Å². The quantitative estimate of drug-likeness (QED) is 0.706. The van der Waals surface area contributed by atoms with Gasteiger partial charge in [0.1, 0.15) is 0 Å². The number of ether oxygens (including phenoxy) is 1. The molecule has 0 radical (unpaired) electrons. The molecule has 0 amide bonds. The van der Waals surface area contributed by atoms with E-state index in [1.54, 1.807) is 11.3 Å². The van der Waals surface area contributed by atoms with E-state index in [1.807, 2.05) is 6.21 Å². The highest BCUT2D eigenvalue weighted by Crippen LogP contribution is 2.25. The topological polar surface area (TPSA) is 21.6 Å². The lowest BCUT2D eigenvalue weighted by Gasteiger charge is -2.33. The van der Waals surface area contributed by atoms with E-state index >= 15 is 0 Å². The maximum Gasteiger partial charge on any atom is 0.0646 e.